The molecule has 1 atom stereocenters. The van der Waals surface area contributed by atoms with Crippen molar-refractivity contribution in [2.24, 2.45) is 0 Å². The van der Waals surface area contributed by atoms with Crippen LogP contribution in [0.5, 0.6) is 0 Å². The van der Waals surface area contributed by atoms with Crippen LogP contribution in [0.2, 0.25) is 0 Å². The predicted molar refractivity (Wildman–Crippen MR) is 64.6 cm³/mol. The van der Waals surface area contributed by atoms with E-state index in [1.165, 1.54) is 25.7 Å². The van der Waals surface area contributed by atoms with E-state index in [0.29, 0.717) is 19.1 Å². The molecule has 16 heavy (non-hydrogen) atoms. The van der Waals surface area contributed by atoms with E-state index in [9.17, 15) is 9.90 Å². The number of hydrogen-bond acceptors (Lipinski definition) is 3. The van der Waals surface area contributed by atoms with E-state index in [1.807, 2.05) is 14.0 Å². The van der Waals surface area contributed by atoms with Gasteiger partial charge in [-0.25, -0.2) is 0 Å². The molecule has 1 aliphatic carbocycles. The van der Waals surface area contributed by atoms with Crippen molar-refractivity contribution in [1.29, 1.82) is 0 Å². The Morgan fingerprint density at radius 1 is 1.50 bits per heavy atom. The smallest absolute Gasteiger partial charge is 0.324 e. The molecule has 1 rings (SSSR count). The topological polar surface area (TPSA) is 52.6 Å². The van der Waals surface area contributed by atoms with E-state index in [0.717, 1.165) is 0 Å². The summed E-state index contributed by atoms with van der Waals surface area (Å²) in [4.78, 5) is 13.5. The normalized spacial score (nSPS) is 21.2. The second-order valence-corrected chi connectivity index (χ2v) is 5.02. The first-order valence-corrected chi connectivity index (χ1v) is 6.18. The highest BCUT2D eigenvalue weighted by atomic mass is 16.4. The van der Waals surface area contributed by atoms with Crippen LogP contribution in [0.25, 0.3) is 0 Å². The molecule has 1 saturated carbocycles. The number of likely N-dealkylation sites (N-methyl/N-ethyl adjacent to an activating group) is 2. The van der Waals surface area contributed by atoms with Crippen LogP contribution in [0, 0.1) is 0 Å². The molecule has 0 bridgehead atoms. The minimum Gasteiger partial charge on any atom is -0.480 e. The minimum atomic E-state index is -0.827. The number of carboxylic acid groups (broad SMARTS) is 1. The van der Waals surface area contributed by atoms with Crippen LogP contribution in [0.4, 0.5) is 0 Å². The number of nitrogens with zero attached hydrogens (tertiary/aromatic N) is 1. The van der Waals surface area contributed by atoms with Crippen LogP contribution in [-0.2, 0) is 4.79 Å². The number of rotatable bonds is 6. The largest absolute Gasteiger partial charge is 0.480 e. The molecule has 0 radical (unpaired) electrons. The zero-order valence-corrected chi connectivity index (χ0v) is 10.6. The first kappa shape index (κ1) is 13.5. The van der Waals surface area contributed by atoms with E-state index in [2.05, 4.69) is 10.2 Å². The molecular formula is C12H24N2O2. The minimum absolute atomic E-state index is 0.567. The lowest BCUT2D eigenvalue weighted by molar-refractivity contribution is -0.145. The Hall–Kier alpha value is -0.610. The van der Waals surface area contributed by atoms with E-state index >= 15 is 0 Å². The van der Waals surface area contributed by atoms with Gasteiger partial charge in [-0.05, 0) is 33.4 Å². The summed E-state index contributed by atoms with van der Waals surface area (Å²) in [5, 5.41) is 12.3. The summed E-state index contributed by atoms with van der Waals surface area (Å²) in [6, 6.07) is 0.567. The van der Waals surface area contributed by atoms with E-state index in [4.69, 9.17) is 0 Å². The molecule has 94 valence electrons. The standard InChI is InChI=1S/C12H24N2O2/c1-4-13-12(2,11(15)16)9-14(3)10-7-5-6-8-10/h10,13H,4-9H2,1-3H3,(H,15,16). The lowest BCUT2D eigenvalue weighted by Crippen LogP contribution is -2.57. The highest BCUT2D eigenvalue weighted by Crippen LogP contribution is 2.23. The summed E-state index contributed by atoms with van der Waals surface area (Å²) in [6.07, 6.45) is 4.97. The summed E-state index contributed by atoms with van der Waals surface area (Å²) in [5.41, 5.74) is -0.827. The number of aliphatic carboxylic acids is 1. The SMILES string of the molecule is CCNC(C)(CN(C)C1CCCC1)C(=O)O. The Balaban J connectivity index is 2.56. The van der Waals surface area contributed by atoms with Gasteiger partial charge in [0, 0.05) is 12.6 Å². The van der Waals surface area contributed by atoms with Crippen LogP contribution in [0.3, 0.4) is 0 Å². The third kappa shape index (κ3) is 3.19. The fraction of sp³-hybridized carbons (Fsp3) is 0.917. The third-order valence-corrected chi connectivity index (χ3v) is 3.55. The van der Waals surface area contributed by atoms with Crippen LogP contribution in [0.1, 0.15) is 39.5 Å². The van der Waals surface area contributed by atoms with Gasteiger partial charge in [-0.2, -0.15) is 0 Å². The van der Waals surface area contributed by atoms with E-state index < -0.39 is 11.5 Å². The first-order chi connectivity index (χ1) is 7.49. The lowest BCUT2D eigenvalue weighted by Gasteiger charge is -2.33. The molecule has 0 amide bonds. The van der Waals surface area contributed by atoms with E-state index in [-0.39, 0.29) is 0 Å². The van der Waals surface area contributed by atoms with E-state index in [1.54, 1.807) is 6.92 Å². The second kappa shape index (κ2) is 5.64. The summed E-state index contributed by atoms with van der Waals surface area (Å²) in [7, 11) is 2.04. The molecule has 4 nitrogen and oxygen atoms in total. The van der Waals surface area contributed by atoms with Gasteiger partial charge >= 0.3 is 5.97 Å². The Morgan fingerprint density at radius 3 is 2.50 bits per heavy atom. The maximum absolute atomic E-state index is 11.3. The lowest BCUT2D eigenvalue weighted by atomic mass is 10.0. The highest BCUT2D eigenvalue weighted by molar-refractivity contribution is 5.78. The van der Waals surface area contributed by atoms with Crippen LogP contribution in [0.15, 0.2) is 0 Å². The molecule has 1 aliphatic rings. The van der Waals surface area contributed by atoms with Crippen LogP contribution < -0.4 is 5.32 Å². The molecular weight excluding hydrogens is 204 g/mol. The fourth-order valence-electron chi connectivity index (χ4n) is 2.56. The molecule has 0 aromatic carbocycles. The molecule has 1 unspecified atom stereocenters. The Morgan fingerprint density at radius 2 is 2.06 bits per heavy atom. The fourth-order valence-corrected chi connectivity index (χ4v) is 2.56. The zero-order chi connectivity index (χ0) is 12.2. The predicted octanol–water partition coefficient (Wildman–Crippen LogP) is 1.31. The number of hydrogen-bond donors (Lipinski definition) is 2. The first-order valence-electron chi connectivity index (χ1n) is 6.18. The maximum Gasteiger partial charge on any atom is 0.324 e. The Kier molecular flexibility index (Phi) is 4.74. The van der Waals surface area contributed by atoms with Crippen molar-refractivity contribution < 1.29 is 9.90 Å². The van der Waals surface area contributed by atoms with Crippen molar-refractivity contribution in [3.8, 4) is 0 Å². The van der Waals surface area contributed by atoms with Gasteiger partial charge in [0.25, 0.3) is 0 Å². The van der Waals surface area contributed by atoms with Gasteiger partial charge in [0.2, 0.25) is 0 Å². The van der Waals surface area contributed by atoms with Crippen molar-refractivity contribution in [1.82, 2.24) is 10.2 Å². The average Bonchev–Trinajstić information content (AvgIpc) is 2.70. The molecule has 0 aromatic heterocycles. The molecule has 0 saturated heterocycles. The van der Waals surface area contributed by atoms with Gasteiger partial charge in [-0.1, -0.05) is 19.8 Å². The highest BCUT2D eigenvalue weighted by Gasteiger charge is 2.35. The van der Waals surface area contributed by atoms with Crippen molar-refractivity contribution >= 4 is 5.97 Å². The van der Waals surface area contributed by atoms with Gasteiger partial charge in [-0.15, -0.1) is 0 Å². The Bertz CT molecular complexity index is 239. The van der Waals surface area contributed by atoms with Gasteiger partial charge < -0.3 is 15.3 Å². The number of carboxylic acids is 1. The average molecular weight is 228 g/mol. The zero-order valence-electron chi connectivity index (χ0n) is 10.6. The maximum atomic E-state index is 11.3. The van der Waals surface area contributed by atoms with Crippen LogP contribution >= 0.6 is 0 Å². The quantitative estimate of drug-likeness (QED) is 0.720. The molecule has 0 spiro atoms. The van der Waals surface area contributed by atoms with Gasteiger partial charge in [0.1, 0.15) is 5.54 Å². The van der Waals surface area contributed by atoms with Crippen molar-refractivity contribution in [2.45, 2.75) is 51.1 Å². The summed E-state index contributed by atoms with van der Waals surface area (Å²) < 4.78 is 0. The van der Waals surface area contributed by atoms with Crippen LogP contribution in [-0.4, -0.2) is 47.7 Å². The monoisotopic (exact) mass is 228 g/mol. The molecule has 0 heterocycles. The van der Waals surface area contributed by atoms with Gasteiger partial charge in [0.05, 0.1) is 0 Å². The molecule has 0 aliphatic heterocycles. The molecule has 4 heteroatoms. The van der Waals surface area contributed by atoms with Gasteiger partial charge in [0.15, 0.2) is 0 Å². The van der Waals surface area contributed by atoms with Crippen molar-refractivity contribution in [3.63, 3.8) is 0 Å². The Labute approximate surface area is 98.0 Å². The van der Waals surface area contributed by atoms with Crippen molar-refractivity contribution in [3.05, 3.63) is 0 Å². The summed E-state index contributed by atoms with van der Waals surface area (Å²) >= 11 is 0. The summed E-state index contributed by atoms with van der Waals surface area (Å²) in [6.45, 7) is 4.96. The molecule has 2 N–H and O–H groups in total. The summed E-state index contributed by atoms with van der Waals surface area (Å²) in [5.74, 6) is -0.765. The number of carbonyl (C=O) groups is 1. The second-order valence-electron chi connectivity index (χ2n) is 5.02. The van der Waals surface area contributed by atoms with Crippen molar-refractivity contribution in [2.75, 3.05) is 20.1 Å². The molecule has 0 aromatic rings. The molecule has 1 fully saturated rings. The number of nitrogens with one attached hydrogen (secondary N) is 1. The third-order valence-electron chi connectivity index (χ3n) is 3.55. The van der Waals surface area contributed by atoms with Gasteiger partial charge in [-0.3, -0.25) is 4.79 Å².